The van der Waals surface area contributed by atoms with Gasteiger partial charge in [-0.2, -0.15) is 4.31 Å². The summed E-state index contributed by atoms with van der Waals surface area (Å²) in [6.45, 7) is 2.78. The molecule has 2 aromatic carbocycles. The van der Waals surface area contributed by atoms with Gasteiger partial charge in [0, 0.05) is 40.4 Å². The number of rotatable bonds is 5. The Morgan fingerprint density at radius 2 is 1.97 bits per heavy atom. The number of benzene rings is 2. The quantitative estimate of drug-likeness (QED) is 0.665. The zero-order valence-corrected chi connectivity index (χ0v) is 20.4. The molecule has 2 aliphatic heterocycles. The molecule has 8 nitrogen and oxygen atoms in total. The first-order valence-corrected chi connectivity index (χ1v) is 13.3. The van der Waals surface area contributed by atoms with E-state index in [4.69, 9.17) is 16.3 Å². The van der Waals surface area contributed by atoms with Crippen LogP contribution in [0.5, 0.6) is 0 Å². The number of ether oxygens (including phenoxy) is 1. The van der Waals surface area contributed by atoms with E-state index in [1.165, 1.54) is 27.0 Å². The molecule has 1 N–H and O–H groups in total. The molecule has 0 bridgehead atoms. The fourth-order valence-corrected chi connectivity index (χ4v) is 6.34. The second-order valence-corrected chi connectivity index (χ2v) is 11.3. The molecule has 0 aromatic heterocycles. The molecule has 1 atom stereocenters. The Morgan fingerprint density at radius 3 is 2.70 bits per heavy atom. The van der Waals surface area contributed by atoms with Crippen LogP contribution in [0.15, 0.2) is 52.3 Å². The Bertz CT molecular complexity index is 1170. The van der Waals surface area contributed by atoms with E-state index in [-0.39, 0.29) is 36.4 Å². The third kappa shape index (κ3) is 5.36. The molecule has 0 unspecified atom stereocenters. The number of morpholine rings is 1. The van der Waals surface area contributed by atoms with Crippen LogP contribution in [-0.4, -0.2) is 63.1 Å². The maximum Gasteiger partial charge on any atom is 0.244 e. The Morgan fingerprint density at radius 1 is 1.21 bits per heavy atom. The van der Waals surface area contributed by atoms with Gasteiger partial charge in [0.05, 0.1) is 23.8 Å². The van der Waals surface area contributed by atoms with Crippen molar-refractivity contribution in [1.82, 2.24) is 4.31 Å². The lowest BCUT2D eigenvalue weighted by molar-refractivity contribution is -0.123. The standard InChI is InChI=1S/C22H24ClN3O5S2/c1-15-14-32-20-6-5-18(33(29,30)25-7-9-31-10-8-25)12-19(20)26(22(15)28)13-21(27)24-17-4-2-3-16(23)11-17/h2-6,11-12,15H,7-10,13-14H2,1H3,(H,24,27)/t15-/m0/s1. The number of sulfonamides is 1. The molecule has 176 valence electrons. The molecule has 33 heavy (non-hydrogen) atoms. The summed E-state index contributed by atoms with van der Waals surface area (Å²) in [5.74, 6) is -0.436. The summed E-state index contributed by atoms with van der Waals surface area (Å²) < 4.78 is 33.0. The Hall–Kier alpha value is -2.11. The molecule has 2 amide bonds. The third-order valence-electron chi connectivity index (χ3n) is 5.42. The second kappa shape index (κ2) is 10.0. The number of fused-ring (bicyclic) bond motifs is 1. The molecule has 2 heterocycles. The number of carbonyl (C=O) groups is 2. The highest BCUT2D eigenvalue weighted by molar-refractivity contribution is 7.99. The predicted octanol–water partition coefficient (Wildman–Crippen LogP) is 3.07. The van der Waals surface area contributed by atoms with Gasteiger partial charge in [-0.15, -0.1) is 11.8 Å². The zero-order chi connectivity index (χ0) is 23.6. The SMILES string of the molecule is C[C@H]1CSc2ccc(S(=O)(=O)N3CCOCC3)cc2N(CC(=O)Nc2cccc(Cl)c2)C1=O. The number of hydrogen-bond donors (Lipinski definition) is 1. The highest BCUT2D eigenvalue weighted by Crippen LogP contribution is 2.38. The first kappa shape index (κ1) is 24.0. The number of anilines is 2. The van der Waals surface area contributed by atoms with Gasteiger partial charge in [-0.05, 0) is 36.4 Å². The fourth-order valence-electron chi connectivity index (χ4n) is 3.67. The van der Waals surface area contributed by atoms with E-state index < -0.39 is 15.9 Å². The van der Waals surface area contributed by atoms with Crippen LogP contribution in [0.25, 0.3) is 0 Å². The van der Waals surface area contributed by atoms with Gasteiger partial charge in [0.1, 0.15) is 6.54 Å². The summed E-state index contributed by atoms with van der Waals surface area (Å²) in [6.07, 6.45) is 0. The summed E-state index contributed by atoms with van der Waals surface area (Å²) in [5.41, 5.74) is 0.936. The van der Waals surface area contributed by atoms with Crippen LogP contribution in [0.2, 0.25) is 5.02 Å². The van der Waals surface area contributed by atoms with Crippen molar-refractivity contribution in [3.8, 4) is 0 Å². The summed E-state index contributed by atoms with van der Waals surface area (Å²) in [6, 6.07) is 11.5. The molecule has 2 aromatic rings. The van der Waals surface area contributed by atoms with Gasteiger partial charge in [-0.3, -0.25) is 9.59 Å². The number of amides is 2. The van der Waals surface area contributed by atoms with E-state index in [0.29, 0.717) is 35.4 Å². The van der Waals surface area contributed by atoms with Gasteiger partial charge in [0.2, 0.25) is 21.8 Å². The topological polar surface area (TPSA) is 96.0 Å². The van der Waals surface area contributed by atoms with E-state index >= 15 is 0 Å². The molecular formula is C22H24ClN3O5S2. The van der Waals surface area contributed by atoms with Gasteiger partial charge >= 0.3 is 0 Å². The molecule has 0 radical (unpaired) electrons. The number of thioether (sulfide) groups is 1. The minimum absolute atomic E-state index is 0.0892. The monoisotopic (exact) mass is 509 g/mol. The Labute approximate surface area is 202 Å². The Kier molecular flexibility index (Phi) is 7.30. The molecule has 0 spiro atoms. The summed E-state index contributed by atoms with van der Waals surface area (Å²) >= 11 is 7.46. The van der Waals surface area contributed by atoms with E-state index in [2.05, 4.69) is 5.32 Å². The van der Waals surface area contributed by atoms with Crippen molar-refractivity contribution in [2.45, 2.75) is 16.7 Å². The summed E-state index contributed by atoms with van der Waals surface area (Å²) in [7, 11) is -3.75. The highest BCUT2D eigenvalue weighted by atomic mass is 35.5. The number of hydrogen-bond acceptors (Lipinski definition) is 6. The van der Waals surface area contributed by atoms with E-state index in [1.54, 1.807) is 43.3 Å². The van der Waals surface area contributed by atoms with E-state index in [1.807, 2.05) is 0 Å². The summed E-state index contributed by atoms with van der Waals surface area (Å²) in [4.78, 5) is 28.2. The first-order valence-electron chi connectivity index (χ1n) is 10.5. The fraction of sp³-hybridized carbons (Fsp3) is 0.364. The molecular weight excluding hydrogens is 486 g/mol. The average Bonchev–Trinajstić information content (AvgIpc) is 2.91. The van der Waals surface area contributed by atoms with Crippen molar-refractivity contribution in [1.29, 1.82) is 0 Å². The van der Waals surface area contributed by atoms with Crippen molar-refractivity contribution in [2.24, 2.45) is 5.92 Å². The largest absolute Gasteiger partial charge is 0.379 e. The van der Waals surface area contributed by atoms with Crippen LogP contribution in [0.3, 0.4) is 0 Å². The van der Waals surface area contributed by atoms with Gasteiger partial charge < -0.3 is 15.0 Å². The molecule has 0 aliphatic carbocycles. The number of nitrogens with zero attached hydrogens (tertiary/aromatic N) is 2. The number of nitrogens with one attached hydrogen (secondary N) is 1. The predicted molar refractivity (Wildman–Crippen MR) is 128 cm³/mol. The highest BCUT2D eigenvalue weighted by Gasteiger charge is 2.32. The number of halogens is 1. The third-order valence-corrected chi connectivity index (χ3v) is 8.87. The molecule has 1 saturated heterocycles. The lowest BCUT2D eigenvalue weighted by Crippen LogP contribution is -2.42. The molecule has 1 fully saturated rings. The minimum Gasteiger partial charge on any atom is -0.379 e. The second-order valence-electron chi connectivity index (χ2n) is 7.84. The van der Waals surface area contributed by atoms with Crippen LogP contribution in [0.1, 0.15) is 6.92 Å². The van der Waals surface area contributed by atoms with E-state index in [0.717, 1.165) is 4.90 Å². The van der Waals surface area contributed by atoms with Crippen LogP contribution >= 0.6 is 23.4 Å². The molecule has 11 heteroatoms. The number of carbonyl (C=O) groups excluding carboxylic acids is 2. The molecule has 4 rings (SSSR count). The van der Waals surface area contributed by atoms with Crippen molar-refractivity contribution in [3.05, 3.63) is 47.5 Å². The van der Waals surface area contributed by atoms with Crippen molar-refractivity contribution in [3.63, 3.8) is 0 Å². The van der Waals surface area contributed by atoms with Gasteiger partial charge in [-0.1, -0.05) is 24.6 Å². The van der Waals surface area contributed by atoms with Gasteiger partial charge in [0.15, 0.2) is 0 Å². The van der Waals surface area contributed by atoms with Crippen LogP contribution in [0, 0.1) is 5.92 Å². The van der Waals surface area contributed by atoms with Crippen LogP contribution in [-0.2, 0) is 24.3 Å². The zero-order valence-electron chi connectivity index (χ0n) is 18.0. The molecule has 0 saturated carbocycles. The van der Waals surface area contributed by atoms with Gasteiger partial charge in [0.25, 0.3) is 0 Å². The summed E-state index contributed by atoms with van der Waals surface area (Å²) in [5, 5.41) is 3.23. The lowest BCUT2D eigenvalue weighted by atomic mass is 10.1. The Balaban J connectivity index is 1.65. The average molecular weight is 510 g/mol. The van der Waals surface area contributed by atoms with Crippen molar-refractivity contribution < 1.29 is 22.7 Å². The smallest absolute Gasteiger partial charge is 0.244 e. The van der Waals surface area contributed by atoms with Crippen molar-refractivity contribution in [2.75, 3.05) is 48.8 Å². The van der Waals surface area contributed by atoms with E-state index in [9.17, 15) is 18.0 Å². The first-order chi connectivity index (χ1) is 15.8. The minimum atomic E-state index is -3.75. The normalized spacial score (nSPS) is 19.6. The lowest BCUT2D eigenvalue weighted by Gasteiger charge is -2.27. The van der Waals surface area contributed by atoms with Crippen LogP contribution in [0.4, 0.5) is 11.4 Å². The molecule has 2 aliphatic rings. The van der Waals surface area contributed by atoms with Gasteiger partial charge in [-0.25, -0.2) is 8.42 Å². The maximum absolute atomic E-state index is 13.2. The van der Waals surface area contributed by atoms with Crippen LogP contribution < -0.4 is 10.2 Å². The van der Waals surface area contributed by atoms with Crippen molar-refractivity contribution >= 4 is 56.6 Å². The maximum atomic E-state index is 13.2.